The molecule has 0 fully saturated rings. The number of halogens is 3. The molecule has 0 radical (unpaired) electrons. The van der Waals surface area contributed by atoms with Gasteiger partial charge in [-0.2, -0.15) is 0 Å². The van der Waals surface area contributed by atoms with Gasteiger partial charge in [-0.05, 0) is 0 Å². The average molecular weight is 115 g/mol. The molecule has 0 rings (SSSR count). The molecule has 0 N–H and O–H groups in total. The molecule has 0 aliphatic carbocycles. The molecular formula is C3H5ClF2. The second-order valence-corrected chi connectivity index (χ2v) is 1.21. The summed E-state index contributed by atoms with van der Waals surface area (Å²) in [5.74, 6) is -0.240. The van der Waals surface area contributed by atoms with Crippen molar-refractivity contribution in [3.8, 4) is 0 Å². The zero-order valence-corrected chi connectivity index (χ0v) is 3.88. The quantitative estimate of drug-likeness (QED) is 0.478. The average Bonchev–Trinajstić information content (AvgIpc) is 1.65. The minimum Gasteiger partial charge on any atom is -0.248 e. The standard InChI is InChI=1S/C3H5ClF2/c4-1-3(6)2-5/h3H,1-2H2. The van der Waals surface area contributed by atoms with Crippen molar-refractivity contribution in [1.82, 2.24) is 0 Å². The largest absolute Gasteiger partial charge is 0.248 e. The predicted molar refractivity (Wildman–Crippen MR) is 21.6 cm³/mol. The molecule has 0 saturated carbocycles. The molecule has 0 aromatic rings. The molecular weight excluding hydrogens is 109 g/mol. The predicted octanol–water partition coefficient (Wildman–Crippen LogP) is 1.53. The van der Waals surface area contributed by atoms with Crippen molar-refractivity contribution in [2.45, 2.75) is 6.17 Å². The van der Waals surface area contributed by atoms with Crippen molar-refractivity contribution in [1.29, 1.82) is 0 Å². The van der Waals surface area contributed by atoms with Crippen molar-refractivity contribution in [3.05, 3.63) is 0 Å². The van der Waals surface area contributed by atoms with Crippen LogP contribution in [-0.2, 0) is 0 Å². The minimum absolute atomic E-state index is 0.240. The van der Waals surface area contributed by atoms with Crippen molar-refractivity contribution < 1.29 is 8.78 Å². The third kappa shape index (κ3) is 2.39. The normalized spacial score (nSPS) is 14.5. The van der Waals surface area contributed by atoms with Gasteiger partial charge in [0.15, 0.2) is 0 Å². The van der Waals surface area contributed by atoms with Gasteiger partial charge in [0.25, 0.3) is 0 Å². The van der Waals surface area contributed by atoms with Gasteiger partial charge in [-0.25, -0.2) is 8.78 Å². The maximum Gasteiger partial charge on any atom is 0.142 e. The molecule has 6 heavy (non-hydrogen) atoms. The van der Waals surface area contributed by atoms with Crippen LogP contribution in [0, 0.1) is 0 Å². The van der Waals surface area contributed by atoms with Crippen LogP contribution in [0.3, 0.4) is 0 Å². The lowest BCUT2D eigenvalue weighted by molar-refractivity contribution is 0.285. The summed E-state index contributed by atoms with van der Waals surface area (Å²) in [7, 11) is 0. The molecule has 0 spiro atoms. The summed E-state index contributed by atoms with van der Waals surface area (Å²) in [5, 5.41) is 0. The Kier molecular flexibility index (Phi) is 3.43. The highest BCUT2D eigenvalue weighted by molar-refractivity contribution is 6.18. The van der Waals surface area contributed by atoms with Gasteiger partial charge in [-0.3, -0.25) is 0 Å². The first-order chi connectivity index (χ1) is 2.81. The van der Waals surface area contributed by atoms with E-state index in [-0.39, 0.29) is 5.88 Å². The summed E-state index contributed by atoms with van der Waals surface area (Å²) in [5.41, 5.74) is 0. The molecule has 3 heteroatoms. The van der Waals surface area contributed by atoms with E-state index in [0.29, 0.717) is 0 Å². The lowest BCUT2D eigenvalue weighted by Gasteiger charge is -1.89. The topological polar surface area (TPSA) is 0 Å². The molecule has 1 unspecified atom stereocenters. The van der Waals surface area contributed by atoms with E-state index in [1.165, 1.54) is 0 Å². The molecule has 0 aromatic carbocycles. The van der Waals surface area contributed by atoms with Crippen LogP contribution in [0.15, 0.2) is 0 Å². The van der Waals surface area contributed by atoms with E-state index < -0.39 is 12.8 Å². The van der Waals surface area contributed by atoms with Gasteiger partial charge in [0.1, 0.15) is 12.8 Å². The van der Waals surface area contributed by atoms with E-state index >= 15 is 0 Å². The molecule has 0 aliphatic rings. The Labute approximate surface area is 40.1 Å². The maximum atomic E-state index is 11.4. The van der Waals surface area contributed by atoms with Gasteiger partial charge in [0, 0.05) is 0 Å². The monoisotopic (exact) mass is 114 g/mol. The van der Waals surface area contributed by atoms with Gasteiger partial charge in [-0.15, -0.1) is 11.6 Å². The maximum absolute atomic E-state index is 11.4. The zero-order valence-electron chi connectivity index (χ0n) is 3.13. The van der Waals surface area contributed by atoms with Crippen LogP contribution in [0.5, 0.6) is 0 Å². The second kappa shape index (κ2) is 3.34. The summed E-state index contributed by atoms with van der Waals surface area (Å²) >= 11 is 4.84. The van der Waals surface area contributed by atoms with Gasteiger partial charge < -0.3 is 0 Å². The summed E-state index contributed by atoms with van der Waals surface area (Å²) < 4.78 is 22.3. The summed E-state index contributed by atoms with van der Waals surface area (Å²) in [4.78, 5) is 0. The lowest BCUT2D eigenvalue weighted by atomic mass is 10.5. The van der Waals surface area contributed by atoms with Gasteiger partial charge >= 0.3 is 0 Å². The van der Waals surface area contributed by atoms with Crippen LogP contribution in [0.1, 0.15) is 0 Å². The van der Waals surface area contributed by atoms with Crippen LogP contribution in [-0.4, -0.2) is 18.7 Å². The fraction of sp³-hybridized carbons (Fsp3) is 1.00. The van der Waals surface area contributed by atoms with Crippen LogP contribution in [0.4, 0.5) is 8.78 Å². The Morgan fingerprint density at radius 1 is 1.67 bits per heavy atom. The molecule has 1 atom stereocenters. The van der Waals surface area contributed by atoms with Crippen molar-refractivity contribution >= 4 is 11.6 Å². The molecule has 0 nitrogen and oxygen atoms in total. The molecule has 0 saturated heterocycles. The summed E-state index contributed by atoms with van der Waals surface area (Å²) in [6.07, 6.45) is -1.47. The highest BCUT2D eigenvalue weighted by atomic mass is 35.5. The van der Waals surface area contributed by atoms with E-state index in [2.05, 4.69) is 0 Å². The van der Waals surface area contributed by atoms with Gasteiger partial charge in [0.05, 0.1) is 5.88 Å². The molecule has 0 bridgehead atoms. The fourth-order valence-electron chi connectivity index (χ4n) is 0.0412. The molecule has 38 valence electrons. The number of rotatable bonds is 2. The van der Waals surface area contributed by atoms with E-state index in [9.17, 15) is 8.78 Å². The van der Waals surface area contributed by atoms with E-state index in [4.69, 9.17) is 11.6 Å². The first-order valence-electron chi connectivity index (χ1n) is 1.57. The van der Waals surface area contributed by atoms with Crippen molar-refractivity contribution in [2.24, 2.45) is 0 Å². The summed E-state index contributed by atoms with van der Waals surface area (Å²) in [6, 6.07) is 0. The van der Waals surface area contributed by atoms with E-state index in [1.54, 1.807) is 0 Å². The second-order valence-electron chi connectivity index (χ2n) is 0.906. The van der Waals surface area contributed by atoms with Gasteiger partial charge in [-0.1, -0.05) is 0 Å². The van der Waals surface area contributed by atoms with Crippen molar-refractivity contribution in [3.63, 3.8) is 0 Å². The lowest BCUT2D eigenvalue weighted by Crippen LogP contribution is -2.02. The first-order valence-corrected chi connectivity index (χ1v) is 2.10. The Balaban J connectivity index is 2.75. The highest BCUT2D eigenvalue weighted by Gasteiger charge is 1.99. The van der Waals surface area contributed by atoms with E-state index in [1.807, 2.05) is 0 Å². The molecule has 0 heterocycles. The van der Waals surface area contributed by atoms with Crippen LogP contribution in [0.2, 0.25) is 0 Å². The van der Waals surface area contributed by atoms with Crippen molar-refractivity contribution in [2.75, 3.05) is 12.6 Å². The third-order valence-electron chi connectivity index (χ3n) is 0.335. The van der Waals surface area contributed by atoms with Gasteiger partial charge in [0.2, 0.25) is 0 Å². The SMILES string of the molecule is FCC(F)CCl. The Hall–Kier alpha value is 0.150. The highest BCUT2D eigenvalue weighted by Crippen LogP contribution is 1.92. The van der Waals surface area contributed by atoms with Crippen LogP contribution < -0.4 is 0 Å². The number of alkyl halides is 3. The number of hydrogen-bond donors (Lipinski definition) is 0. The zero-order chi connectivity index (χ0) is 4.99. The minimum atomic E-state index is -1.47. The molecule has 0 aromatic heterocycles. The first kappa shape index (κ1) is 6.15. The number of hydrogen-bond acceptors (Lipinski definition) is 0. The fourth-order valence-corrected chi connectivity index (χ4v) is 0.124. The molecule has 0 aliphatic heterocycles. The Morgan fingerprint density at radius 3 is 2.17 bits per heavy atom. The van der Waals surface area contributed by atoms with Crippen LogP contribution in [0.25, 0.3) is 0 Å². The Bertz CT molecular complexity index is 28.0. The Morgan fingerprint density at radius 2 is 2.17 bits per heavy atom. The smallest absolute Gasteiger partial charge is 0.142 e. The summed E-state index contributed by atoms with van der Waals surface area (Å²) in [6.45, 7) is -0.969. The third-order valence-corrected chi connectivity index (χ3v) is 0.670. The van der Waals surface area contributed by atoms with E-state index in [0.717, 1.165) is 0 Å². The molecule has 0 amide bonds. The van der Waals surface area contributed by atoms with Crippen LogP contribution >= 0.6 is 11.6 Å².